The smallest absolute Gasteiger partial charge is 0.337 e. The van der Waals surface area contributed by atoms with Gasteiger partial charge in [0.25, 0.3) is 5.69 Å². The first-order valence-electron chi connectivity index (χ1n) is 4.53. The van der Waals surface area contributed by atoms with Crippen molar-refractivity contribution in [3.63, 3.8) is 0 Å². The Morgan fingerprint density at radius 2 is 2.12 bits per heavy atom. The zero-order valence-corrected chi connectivity index (χ0v) is 8.78. The van der Waals surface area contributed by atoms with Crippen molar-refractivity contribution in [1.82, 2.24) is 0 Å². The third kappa shape index (κ3) is 2.45. The van der Waals surface area contributed by atoms with Crippen molar-refractivity contribution in [2.24, 2.45) is 0 Å². The molecule has 2 N–H and O–H groups in total. The maximum absolute atomic E-state index is 10.7. The zero-order chi connectivity index (χ0) is 13.2. The molecule has 7 heteroatoms. The van der Waals surface area contributed by atoms with Crippen molar-refractivity contribution in [3.05, 3.63) is 38.9 Å². The van der Waals surface area contributed by atoms with Gasteiger partial charge in [0.15, 0.2) is 6.10 Å². The van der Waals surface area contributed by atoms with E-state index in [2.05, 4.69) is 0 Å². The molecular formula is C10H9NO6. The lowest BCUT2D eigenvalue weighted by Crippen LogP contribution is -2.13. The predicted molar refractivity (Wildman–Crippen MR) is 55.8 cm³/mol. The maximum atomic E-state index is 10.7. The van der Waals surface area contributed by atoms with Gasteiger partial charge in [0.2, 0.25) is 0 Å². The molecule has 17 heavy (non-hydrogen) atoms. The minimum atomic E-state index is -1.89. The van der Waals surface area contributed by atoms with E-state index in [-0.39, 0.29) is 16.7 Å². The highest BCUT2D eigenvalue weighted by Gasteiger charge is 2.24. The second-order valence-corrected chi connectivity index (χ2v) is 3.37. The van der Waals surface area contributed by atoms with Gasteiger partial charge in [-0.2, -0.15) is 0 Å². The van der Waals surface area contributed by atoms with Crippen LogP contribution in [0, 0.1) is 17.0 Å². The van der Waals surface area contributed by atoms with Crippen molar-refractivity contribution < 1.29 is 24.7 Å². The van der Waals surface area contributed by atoms with Gasteiger partial charge in [0, 0.05) is 22.8 Å². The second kappa shape index (κ2) is 4.71. The molecule has 0 aromatic heterocycles. The summed E-state index contributed by atoms with van der Waals surface area (Å²) in [5, 5.41) is 28.7. The fraction of sp³-hybridized carbons (Fsp3) is 0.200. The molecular weight excluding hydrogens is 230 g/mol. The minimum absolute atomic E-state index is 0.0236. The molecule has 0 fully saturated rings. The Morgan fingerprint density at radius 1 is 1.53 bits per heavy atom. The van der Waals surface area contributed by atoms with Crippen LogP contribution in [0.3, 0.4) is 0 Å². The van der Waals surface area contributed by atoms with Gasteiger partial charge in [-0.1, -0.05) is 0 Å². The van der Waals surface area contributed by atoms with Gasteiger partial charge in [-0.25, -0.2) is 4.79 Å². The van der Waals surface area contributed by atoms with Crippen LogP contribution < -0.4 is 0 Å². The molecule has 1 unspecified atom stereocenters. The molecule has 0 saturated carbocycles. The fourth-order valence-corrected chi connectivity index (χ4v) is 1.42. The van der Waals surface area contributed by atoms with E-state index in [1.54, 1.807) is 0 Å². The molecule has 0 spiro atoms. The van der Waals surface area contributed by atoms with Gasteiger partial charge in [0.1, 0.15) is 6.29 Å². The van der Waals surface area contributed by atoms with Gasteiger partial charge < -0.3 is 10.2 Å². The number of carbonyl (C=O) groups excluding carboxylic acids is 1. The van der Waals surface area contributed by atoms with Crippen LogP contribution in [0.4, 0.5) is 5.69 Å². The topological polar surface area (TPSA) is 118 Å². The summed E-state index contributed by atoms with van der Waals surface area (Å²) in [6.07, 6.45) is -1.54. The van der Waals surface area contributed by atoms with E-state index in [4.69, 9.17) is 5.11 Å². The lowest BCUT2D eigenvalue weighted by molar-refractivity contribution is -0.385. The molecule has 0 heterocycles. The van der Waals surface area contributed by atoms with Crippen molar-refractivity contribution in [2.75, 3.05) is 0 Å². The van der Waals surface area contributed by atoms with Gasteiger partial charge in [-0.15, -0.1) is 0 Å². The highest BCUT2D eigenvalue weighted by molar-refractivity contribution is 5.80. The third-order valence-electron chi connectivity index (χ3n) is 2.30. The Bertz CT molecular complexity index is 496. The van der Waals surface area contributed by atoms with Crippen molar-refractivity contribution in [3.8, 4) is 0 Å². The van der Waals surface area contributed by atoms with E-state index in [0.717, 1.165) is 12.1 Å². The van der Waals surface area contributed by atoms with Gasteiger partial charge in [-0.05, 0) is 13.0 Å². The molecule has 0 aliphatic rings. The number of aliphatic carboxylic acids is 1. The SMILES string of the molecule is Cc1c(C(O)C(=O)O)cc(C=O)cc1[N+](=O)[O-]. The van der Waals surface area contributed by atoms with E-state index < -0.39 is 22.7 Å². The molecule has 0 amide bonds. The first-order chi connectivity index (χ1) is 7.88. The van der Waals surface area contributed by atoms with E-state index in [9.17, 15) is 24.8 Å². The lowest BCUT2D eigenvalue weighted by atomic mass is 9.99. The predicted octanol–water partition coefficient (Wildman–Crippen LogP) is 0.834. The summed E-state index contributed by atoms with van der Waals surface area (Å²) < 4.78 is 0. The number of nitro benzene ring substituents is 1. The molecule has 0 aliphatic carbocycles. The monoisotopic (exact) mass is 239 g/mol. The zero-order valence-electron chi connectivity index (χ0n) is 8.78. The summed E-state index contributed by atoms with van der Waals surface area (Å²) in [7, 11) is 0. The number of carbonyl (C=O) groups is 2. The van der Waals surface area contributed by atoms with Crippen LogP contribution in [0.5, 0.6) is 0 Å². The van der Waals surface area contributed by atoms with E-state index in [1.807, 2.05) is 0 Å². The lowest BCUT2D eigenvalue weighted by Gasteiger charge is -2.10. The molecule has 0 bridgehead atoms. The largest absolute Gasteiger partial charge is 0.479 e. The van der Waals surface area contributed by atoms with Crippen LogP contribution in [0.15, 0.2) is 12.1 Å². The molecule has 1 rings (SSSR count). The number of rotatable bonds is 4. The minimum Gasteiger partial charge on any atom is -0.479 e. The standard InChI is InChI=1S/C10H9NO6/c1-5-7(9(13)10(14)15)2-6(4-12)3-8(5)11(16)17/h2-4,9,13H,1H3,(H,14,15). The Hall–Kier alpha value is -2.28. The Kier molecular flexibility index (Phi) is 3.54. The Labute approximate surface area is 95.5 Å². The van der Waals surface area contributed by atoms with Crippen LogP contribution in [-0.4, -0.2) is 27.4 Å². The van der Waals surface area contributed by atoms with Crippen LogP contribution in [0.25, 0.3) is 0 Å². The summed E-state index contributed by atoms with van der Waals surface area (Å²) in [6.45, 7) is 1.31. The molecule has 7 nitrogen and oxygen atoms in total. The third-order valence-corrected chi connectivity index (χ3v) is 2.30. The van der Waals surface area contributed by atoms with Crippen molar-refractivity contribution >= 4 is 17.9 Å². The second-order valence-electron chi connectivity index (χ2n) is 3.37. The van der Waals surface area contributed by atoms with Gasteiger partial charge in [-0.3, -0.25) is 14.9 Å². The van der Waals surface area contributed by atoms with E-state index in [0.29, 0.717) is 6.29 Å². The molecule has 0 radical (unpaired) electrons. The fourth-order valence-electron chi connectivity index (χ4n) is 1.42. The first-order valence-corrected chi connectivity index (χ1v) is 4.53. The number of aldehydes is 1. The normalized spacial score (nSPS) is 11.9. The summed E-state index contributed by atoms with van der Waals surface area (Å²) in [4.78, 5) is 31.2. The molecule has 90 valence electrons. The number of aliphatic hydroxyl groups excluding tert-OH is 1. The van der Waals surface area contributed by atoms with Crippen LogP contribution in [0.1, 0.15) is 27.6 Å². The average Bonchev–Trinajstić information content (AvgIpc) is 2.27. The summed E-state index contributed by atoms with van der Waals surface area (Å²) in [5.74, 6) is -1.54. The number of hydrogen-bond donors (Lipinski definition) is 2. The Morgan fingerprint density at radius 3 is 2.53 bits per heavy atom. The summed E-state index contributed by atoms with van der Waals surface area (Å²) in [5.41, 5.74) is -0.591. The average molecular weight is 239 g/mol. The number of benzene rings is 1. The molecule has 1 atom stereocenters. The van der Waals surface area contributed by atoms with Crippen LogP contribution in [0.2, 0.25) is 0 Å². The van der Waals surface area contributed by atoms with Crippen LogP contribution in [-0.2, 0) is 4.79 Å². The number of nitro groups is 1. The van der Waals surface area contributed by atoms with Crippen molar-refractivity contribution in [2.45, 2.75) is 13.0 Å². The number of carboxylic acids is 1. The summed E-state index contributed by atoms with van der Waals surface area (Å²) in [6, 6.07) is 2.15. The first kappa shape index (κ1) is 12.8. The molecule has 1 aromatic carbocycles. The van der Waals surface area contributed by atoms with E-state index in [1.165, 1.54) is 6.92 Å². The highest BCUT2D eigenvalue weighted by Crippen LogP contribution is 2.27. The quantitative estimate of drug-likeness (QED) is 0.456. The Balaban J connectivity index is 3.49. The van der Waals surface area contributed by atoms with Crippen LogP contribution >= 0.6 is 0 Å². The van der Waals surface area contributed by atoms with Crippen molar-refractivity contribution in [1.29, 1.82) is 0 Å². The molecule has 1 aromatic rings. The maximum Gasteiger partial charge on any atom is 0.337 e. The number of hydrogen-bond acceptors (Lipinski definition) is 5. The summed E-state index contributed by atoms with van der Waals surface area (Å²) >= 11 is 0. The van der Waals surface area contributed by atoms with E-state index >= 15 is 0 Å². The number of carboxylic acid groups (broad SMARTS) is 1. The highest BCUT2D eigenvalue weighted by atomic mass is 16.6. The molecule has 0 saturated heterocycles. The van der Waals surface area contributed by atoms with Gasteiger partial charge in [0.05, 0.1) is 4.92 Å². The molecule has 0 aliphatic heterocycles. The van der Waals surface area contributed by atoms with Gasteiger partial charge >= 0.3 is 5.97 Å². The number of aliphatic hydroxyl groups is 1. The number of nitrogens with zero attached hydrogens (tertiary/aromatic N) is 1.